The minimum absolute atomic E-state index is 0.0407. The van der Waals surface area contributed by atoms with E-state index in [-0.39, 0.29) is 17.4 Å². The number of nitrogens with zero attached hydrogens (tertiary/aromatic N) is 1. The summed E-state index contributed by atoms with van der Waals surface area (Å²) in [6, 6.07) is 2.48. The molecular formula is C11H9F3N2O3. The number of aliphatic hydroxyl groups is 1. The number of aromatic amines is 1. The molecule has 0 aliphatic rings. The van der Waals surface area contributed by atoms with Crippen molar-refractivity contribution in [1.82, 2.24) is 9.55 Å². The van der Waals surface area contributed by atoms with Crippen molar-refractivity contribution in [3.05, 3.63) is 44.6 Å². The lowest BCUT2D eigenvalue weighted by molar-refractivity contribution is -0.137. The lowest BCUT2D eigenvalue weighted by Crippen LogP contribution is -2.36. The van der Waals surface area contributed by atoms with E-state index in [0.717, 1.165) is 16.7 Å². The van der Waals surface area contributed by atoms with Crippen LogP contribution < -0.4 is 11.2 Å². The Morgan fingerprint density at radius 1 is 1.26 bits per heavy atom. The van der Waals surface area contributed by atoms with Crippen molar-refractivity contribution in [1.29, 1.82) is 0 Å². The van der Waals surface area contributed by atoms with Crippen LogP contribution in [0.5, 0.6) is 0 Å². The second-order valence-electron chi connectivity index (χ2n) is 3.87. The van der Waals surface area contributed by atoms with Crippen LogP contribution in [0.25, 0.3) is 10.9 Å². The summed E-state index contributed by atoms with van der Waals surface area (Å²) >= 11 is 0. The van der Waals surface area contributed by atoms with Gasteiger partial charge in [0.15, 0.2) is 0 Å². The van der Waals surface area contributed by atoms with E-state index >= 15 is 0 Å². The van der Waals surface area contributed by atoms with Crippen LogP contribution in [0.2, 0.25) is 0 Å². The summed E-state index contributed by atoms with van der Waals surface area (Å²) in [5.74, 6) is 0. The van der Waals surface area contributed by atoms with E-state index < -0.39 is 29.6 Å². The molecule has 0 aliphatic heterocycles. The Labute approximate surface area is 103 Å². The van der Waals surface area contributed by atoms with Crippen molar-refractivity contribution in [2.24, 2.45) is 0 Å². The van der Waals surface area contributed by atoms with Gasteiger partial charge >= 0.3 is 11.9 Å². The number of halogens is 3. The summed E-state index contributed by atoms with van der Waals surface area (Å²) in [7, 11) is 0. The summed E-state index contributed by atoms with van der Waals surface area (Å²) in [6.45, 7) is -0.639. The number of rotatable bonds is 2. The average Bonchev–Trinajstić information content (AvgIpc) is 2.32. The van der Waals surface area contributed by atoms with Gasteiger partial charge in [0, 0.05) is 0 Å². The molecule has 0 saturated heterocycles. The first-order valence-electron chi connectivity index (χ1n) is 5.29. The molecule has 0 amide bonds. The van der Waals surface area contributed by atoms with Crippen LogP contribution in [0.15, 0.2) is 27.8 Å². The molecule has 19 heavy (non-hydrogen) atoms. The first-order valence-corrected chi connectivity index (χ1v) is 5.29. The maximum absolute atomic E-state index is 12.5. The second kappa shape index (κ2) is 4.54. The smallest absolute Gasteiger partial charge is 0.395 e. The van der Waals surface area contributed by atoms with Gasteiger partial charge in [-0.15, -0.1) is 0 Å². The number of hydrogen-bond donors (Lipinski definition) is 2. The van der Waals surface area contributed by atoms with Gasteiger partial charge in [-0.2, -0.15) is 13.2 Å². The summed E-state index contributed by atoms with van der Waals surface area (Å²) < 4.78 is 38.3. The second-order valence-corrected chi connectivity index (χ2v) is 3.87. The molecule has 0 aliphatic carbocycles. The Bertz CT molecular complexity index is 731. The first-order chi connectivity index (χ1) is 8.84. The third-order valence-corrected chi connectivity index (χ3v) is 2.63. The first kappa shape index (κ1) is 13.3. The van der Waals surface area contributed by atoms with Gasteiger partial charge in [0.05, 0.1) is 29.6 Å². The summed E-state index contributed by atoms with van der Waals surface area (Å²) in [5, 5.41) is 8.69. The number of nitrogens with one attached hydrogen (secondary N) is 1. The van der Waals surface area contributed by atoms with E-state index in [1.165, 1.54) is 0 Å². The van der Waals surface area contributed by atoms with Gasteiger partial charge in [-0.25, -0.2) is 4.79 Å². The van der Waals surface area contributed by atoms with Crippen LogP contribution in [-0.4, -0.2) is 21.3 Å². The summed E-state index contributed by atoms with van der Waals surface area (Å²) in [4.78, 5) is 25.6. The zero-order chi connectivity index (χ0) is 14.2. The predicted molar refractivity (Wildman–Crippen MR) is 60.9 cm³/mol. The molecule has 0 fully saturated rings. The molecule has 2 rings (SSSR count). The largest absolute Gasteiger partial charge is 0.416 e. The number of benzene rings is 1. The van der Waals surface area contributed by atoms with Gasteiger partial charge in [-0.3, -0.25) is 9.36 Å². The molecule has 0 atom stereocenters. The van der Waals surface area contributed by atoms with Crippen LogP contribution >= 0.6 is 0 Å². The fourth-order valence-electron chi connectivity index (χ4n) is 1.73. The number of H-pyrrole nitrogens is 1. The van der Waals surface area contributed by atoms with E-state index in [1.54, 1.807) is 0 Å². The van der Waals surface area contributed by atoms with E-state index in [1.807, 2.05) is 0 Å². The third-order valence-electron chi connectivity index (χ3n) is 2.63. The fourth-order valence-corrected chi connectivity index (χ4v) is 1.73. The van der Waals surface area contributed by atoms with Crippen LogP contribution in [-0.2, 0) is 12.7 Å². The molecular weight excluding hydrogens is 265 g/mol. The minimum Gasteiger partial charge on any atom is -0.395 e. The highest BCUT2D eigenvalue weighted by Gasteiger charge is 2.30. The molecule has 0 spiro atoms. The average molecular weight is 274 g/mol. The zero-order valence-electron chi connectivity index (χ0n) is 9.49. The molecule has 2 N–H and O–H groups in total. The third kappa shape index (κ3) is 2.39. The monoisotopic (exact) mass is 274 g/mol. The minimum atomic E-state index is -4.55. The highest BCUT2D eigenvalue weighted by atomic mass is 19.4. The van der Waals surface area contributed by atoms with E-state index in [9.17, 15) is 22.8 Å². The molecule has 1 aromatic heterocycles. The Morgan fingerprint density at radius 2 is 1.95 bits per heavy atom. The van der Waals surface area contributed by atoms with Crippen LogP contribution in [0.1, 0.15) is 5.56 Å². The van der Waals surface area contributed by atoms with Gasteiger partial charge in [0.25, 0.3) is 5.56 Å². The normalized spacial score (nSPS) is 12.0. The maximum atomic E-state index is 12.5. The summed E-state index contributed by atoms with van der Waals surface area (Å²) in [6.07, 6.45) is -4.55. The van der Waals surface area contributed by atoms with Crippen LogP contribution in [0, 0.1) is 0 Å². The standard InChI is InChI=1S/C11H9F3N2O3/c12-11(13,14)6-1-2-7-8(5-6)15-10(19)16(3-4-17)9(7)18/h1-2,5,17H,3-4H2,(H,15,19). The van der Waals surface area contributed by atoms with Gasteiger partial charge < -0.3 is 10.1 Å². The lowest BCUT2D eigenvalue weighted by Gasteiger charge is -2.08. The van der Waals surface area contributed by atoms with Crippen LogP contribution in [0.4, 0.5) is 13.2 Å². The lowest BCUT2D eigenvalue weighted by atomic mass is 10.1. The molecule has 0 saturated carbocycles. The number of hydrogen-bond acceptors (Lipinski definition) is 3. The Balaban J connectivity index is 2.75. The SMILES string of the molecule is O=c1[nH]c2cc(C(F)(F)F)ccc2c(=O)n1CCO. The highest BCUT2D eigenvalue weighted by molar-refractivity contribution is 5.78. The number of alkyl halides is 3. The molecule has 1 aromatic carbocycles. The number of aromatic nitrogens is 2. The van der Waals surface area contributed by atoms with E-state index in [4.69, 9.17) is 5.11 Å². The molecule has 5 nitrogen and oxygen atoms in total. The quantitative estimate of drug-likeness (QED) is 0.846. The van der Waals surface area contributed by atoms with Crippen molar-refractivity contribution in [2.75, 3.05) is 6.61 Å². The van der Waals surface area contributed by atoms with Crippen LogP contribution in [0.3, 0.4) is 0 Å². The van der Waals surface area contributed by atoms with E-state index in [0.29, 0.717) is 6.07 Å². The van der Waals surface area contributed by atoms with Gasteiger partial charge in [-0.05, 0) is 18.2 Å². The topological polar surface area (TPSA) is 75.1 Å². The fraction of sp³-hybridized carbons (Fsp3) is 0.273. The highest BCUT2D eigenvalue weighted by Crippen LogP contribution is 2.30. The van der Waals surface area contributed by atoms with Gasteiger partial charge in [0.1, 0.15) is 0 Å². The Hall–Kier alpha value is -2.09. The molecule has 102 valence electrons. The maximum Gasteiger partial charge on any atom is 0.416 e. The van der Waals surface area contributed by atoms with Crippen molar-refractivity contribution in [3.8, 4) is 0 Å². The Morgan fingerprint density at radius 3 is 2.53 bits per heavy atom. The molecule has 0 unspecified atom stereocenters. The molecule has 2 aromatic rings. The molecule has 0 bridgehead atoms. The molecule has 0 radical (unpaired) electrons. The van der Waals surface area contributed by atoms with Crippen molar-refractivity contribution in [3.63, 3.8) is 0 Å². The number of fused-ring (bicyclic) bond motifs is 1. The van der Waals surface area contributed by atoms with E-state index in [2.05, 4.69) is 4.98 Å². The molecule has 8 heteroatoms. The van der Waals surface area contributed by atoms with Crippen molar-refractivity contribution < 1.29 is 18.3 Å². The van der Waals surface area contributed by atoms with Crippen molar-refractivity contribution >= 4 is 10.9 Å². The van der Waals surface area contributed by atoms with Gasteiger partial charge in [0.2, 0.25) is 0 Å². The predicted octanol–water partition coefficient (Wildman–Crippen LogP) is 0.701. The zero-order valence-corrected chi connectivity index (χ0v) is 9.49. The summed E-state index contributed by atoms with van der Waals surface area (Å²) in [5.41, 5.74) is -2.72. The Kier molecular flexibility index (Phi) is 3.19. The van der Waals surface area contributed by atoms with Crippen molar-refractivity contribution in [2.45, 2.75) is 12.7 Å². The number of aliphatic hydroxyl groups excluding tert-OH is 1. The molecule has 1 heterocycles. The van der Waals surface area contributed by atoms with Gasteiger partial charge in [-0.1, -0.05) is 0 Å².